The van der Waals surface area contributed by atoms with Crippen molar-refractivity contribution in [1.82, 2.24) is 15.5 Å². The molecule has 0 saturated carbocycles. The summed E-state index contributed by atoms with van der Waals surface area (Å²) in [5.74, 6) is 1.44. The van der Waals surface area contributed by atoms with Crippen molar-refractivity contribution in [3.63, 3.8) is 0 Å². The summed E-state index contributed by atoms with van der Waals surface area (Å²) < 4.78 is 5.14. The molecule has 8 heteroatoms. The lowest BCUT2D eigenvalue weighted by atomic mass is 10.2. The number of rotatable bonds is 6. The number of hydrogen-bond donors (Lipinski definition) is 2. The third-order valence-electron chi connectivity index (χ3n) is 5.04. The number of para-hydroxylation sites is 1. The first-order chi connectivity index (χ1) is 14.6. The van der Waals surface area contributed by atoms with Gasteiger partial charge in [0.1, 0.15) is 5.75 Å². The van der Waals surface area contributed by atoms with E-state index in [4.69, 9.17) is 16.3 Å². The molecule has 3 rings (SSSR count). The molecular formula is C22H28ClN5O2. The third-order valence-corrected chi connectivity index (χ3v) is 5.36. The number of amides is 1. The number of methoxy groups -OCH3 is 1. The van der Waals surface area contributed by atoms with Crippen LogP contribution in [0.2, 0.25) is 5.02 Å². The van der Waals surface area contributed by atoms with E-state index in [-0.39, 0.29) is 12.5 Å². The van der Waals surface area contributed by atoms with Gasteiger partial charge >= 0.3 is 0 Å². The number of anilines is 1. The molecule has 1 aliphatic heterocycles. The smallest absolute Gasteiger partial charge is 0.239 e. The number of halogens is 1. The van der Waals surface area contributed by atoms with Gasteiger partial charge in [0.05, 0.1) is 24.4 Å². The van der Waals surface area contributed by atoms with Gasteiger partial charge in [-0.15, -0.1) is 0 Å². The van der Waals surface area contributed by atoms with Crippen LogP contribution in [0.3, 0.4) is 0 Å². The number of hydrogen-bond acceptors (Lipinski definition) is 4. The summed E-state index contributed by atoms with van der Waals surface area (Å²) in [5, 5.41) is 6.84. The van der Waals surface area contributed by atoms with Gasteiger partial charge in [-0.1, -0.05) is 35.9 Å². The Morgan fingerprint density at radius 2 is 1.77 bits per heavy atom. The fourth-order valence-electron chi connectivity index (χ4n) is 3.37. The molecule has 1 aliphatic rings. The molecule has 1 heterocycles. The van der Waals surface area contributed by atoms with Gasteiger partial charge in [0.15, 0.2) is 5.96 Å². The molecule has 2 N–H and O–H groups in total. The fraction of sp³-hybridized carbons (Fsp3) is 0.364. The molecule has 0 atom stereocenters. The highest BCUT2D eigenvalue weighted by Crippen LogP contribution is 2.26. The van der Waals surface area contributed by atoms with Crippen molar-refractivity contribution < 1.29 is 9.53 Å². The number of nitrogens with zero attached hydrogens (tertiary/aromatic N) is 3. The Balaban J connectivity index is 1.43. The summed E-state index contributed by atoms with van der Waals surface area (Å²) in [5.41, 5.74) is 2.07. The van der Waals surface area contributed by atoms with Crippen LogP contribution in [-0.4, -0.2) is 63.6 Å². The fourth-order valence-corrected chi connectivity index (χ4v) is 3.62. The number of carbonyl (C=O) groups is 1. The lowest BCUT2D eigenvalue weighted by molar-refractivity contribution is -0.120. The van der Waals surface area contributed by atoms with Crippen LogP contribution >= 0.6 is 11.6 Å². The molecule has 160 valence electrons. The number of benzene rings is 2. The molecule has 1 amide bonds. The zero-order valence-corrected chi connectivity index (χ0v) is 18.2. The molecular weight excluding hydrogens is 402 g/mol. The molecule has 1 saturated heterocycles. The first-order valence-electron chi connectivity index (χ1n) is 9.95. The second-order valence-corrected chi connectivity index (χ2v) is 7.36. The van der Waals surface area contributed by atoms with Crippen LogP contribution in [0.4, 0.5) is 5.69 Å². The summed E-state index contributed by atoms with van der Waals surface area (Å²) in [6.07, 6.45) is 0. The monoisotopic (exact) mass is 429 g/mol. The van der Waals surface area contributed by atoms with Gasteiger partial charge < -0.3 is 25.2 Å². The van der Waals surface area contributed by atoms with Crippen molar-refractivity contribution in [2.75, 3.05) is 51.8 Å². The predicted molar refractivity (Wildman–Crippen MR) is 121 cm³/mol. The molecule has 0 spiro atoms. The highest BCUT2D eigenvalue weighted by atomic mass is 35.5. The Morgan fingerprint density at radius 3 is 2.40 bits per heavy atom. The zero-order valence-electron chi connectivity index (χ0n) is 17.4. The number of carbonyl (C=O) groups excluding carboxylic acids is 1. The van der Waals surface area contributed by atoms with E-state index in [9.17, 15) is 4.79 Å². The number of nitrogens with one attached hydrogen (secondary N) is 2. The molecule has 0 aromatic heterocycles. The lowest BCUT2D eigenvalue weighted by Gasteiger charge is -2.38. The van der Waals surface area contributed by atoms with E-state index >= 15 is 0 Å². The van der Waals surface area contributed by atoms with Crippen LogP contribution in [0, 0.1) is 0 Å². The van der Waals surface area contributed by atoms with E-state index in [1.54, 1.807) is 14.2 Å². The van der Waals surface area contributed by atoms with Crippen LogP contribution in [0.25, 0.3) is 0 Å². The maximum atomic E-state index is 12.2. The molecule has 0 radical (unpaired) electrons. The summed E-state index contributed by atoms with van der Waals surface area (Å²) in [6, 6.07) is 15.5. The van der Waals surface area contributed by atoms with Crippen LogP contribution in [0.1, 0.15) is 5.56 Å². The Morgan fingerprint density at radius 1 is 1.07 bits per heavy atom. The minimum absolute atomic E-state index is 0.0818. The van der Waals surface area contributed by atoms with Crippen molar-refractivity contribution in [3.8, 4) is 5.75 Å². The molecule has 0 unspecified atom stereocenters. The van der Waals surface area contributed by atoms with E-state index in [1.165, 1.54) is 0 Å². The van der Waals surface area contributed by atoms with E-state index < -0.39 is 0 Å². The maximum Gasteiger partial charge on any atom is 0.239 e. The Labute approximate surface area is 182 Å². The largest absolute Gasteiger partial charge is 0.497 e. The van der Waals surface area contributed by atoms with Crippen LogP contribution < -0.4 is 20.3 Å². The van der Waals surface area contributed by atoms with Crippen molar-refractivity contribution >= 4 is 29.2 Å². The van der Waals surface area contributed by atoms with Crippen LogP contribution in [0.5, 0.6) is 5.75 Å². The van der Waals surface area contributed by atoms with Gasteiger partial charge in [-0.25, -0.2) is 0 Å². The second-order valence-electron chi connectivity index (χ2n) is 6.95. The molecule has 7 nitrogen and oxygen atoms in total. The summed E-state index contributed by atoms with van der Waals surface area (Å²) in [7, 11) is 3.37. The van der Waals surface area contributed by atoms with E-state index in [2.05, 4.69) is 25.4 Å². The minimum Gasteiger partial charge on any atom is -0.497 e. The number of aliphatic imine (C=N–C) groups is 1. The highest BCUT2D eigenvalue weighted by Gasteiger charge is 2.21. The number of ether oxygens (including phenoxy) is 1. The summed E-state index contributed by atoms with van der Waals surface area (Å²) in [6.45, 7) is 3.94. The molecule has 1 fully saturated rings. The second kappa shape index (κ2) is 10.7. The highest BCUT2D eigenvalue weighted by molar-refractivity contribution is 6.33. The van der Waals surface area contributed by atoms with Crippen molar-refractivity contribution in [2.45, 2.75) is 6.54 Å². The summed E-state index contributed by atoms with van der Waals surface area (Å²) in [4.78, 5) is 21.0. The summed E-state index contributed by atoms with van der Waals surface area (Å²) >= 11 is 6.32. The van der Waals surface area contributed by atoms with Crippen LogP contribution in [-0.2, 0) is 11.3 Å². The van der Waals surface area contributed by atoms with Gasteiger partial charge in [0.2, 0.25) is 5.91 Å². The van der Waals surface area contributed by atoms with Crippen molar-refractivity contribution in [3.05, 3.63) is 59.1 Å². The van der Waals surface area contributed by atoms with Crippen LogP contribution in [0.15, 0.2) is 53.5 Å². The van der Waals surface area contributed by atoms with E-state index in [0.29, 0.717) is 6.54 Å². The SMILES string of the molecule is CN=C(NCC(=O)NCc1ccc(OC)cc1)N1CCN(c2ccccc2Cl)CC1. The van der Waals surface area contributed by atoms with Gasteiger partial charge in [-0.3, -0.25) is 9.79 Å². The van der Waals surface area contributed by atoms with E-state index in [1.807, 2.05) is 48.5 Å². The Bertz CT molecular complexity index is 864. The normalized spacial score (nSPS) is 14.4. The number of piperazine rings is 1. The van der Waals surface area contributed by atoms with Crippen molar-refractivity contribution in [1.29, 1.82) is 0 Å². The first kappa shape index (κ1) is 21.8. The average molecular weight is 430 g/mol. The van der Waals surface area contributed by atoms with E-state index in [0.717, 1.165) is 54.2 Å². The van der Waals surface area contributed by atoms with Gasteiger partial charge in [0, 0.05) is 39.8 Å². The van der Waals surface area contributed by atoms with Gasteiger partial charge in [-0.2, -0.15) is 0 Å². The zero-order chi connectivity index (χ0) is 21.3. The Kier molecular flexibility index (Phi) is 7.79. The molecule has 0 aliphatic carbocycles. The predicted octanol–water partition coefficient (Wildman–Crippen LogP) is 2.36. The average Bonchev–Trinajstić information content (AvgIpc) is 2.79. The maximum absolute atomic E-state index is 12.2. The van der Waals surface area contributed by atoms with Gasteiger partial charge in [-0.05, 0) is 29.8 Å². The first-order valence-corrected chi connectivity index (χ1v) is 10.3. The standard InChI is InChI=1S/C22H28ClN5O2/c1-24-22(26-16-21(29)25-15-17-7-9-18(30-2)10-8-17)28-13-11-27(12-14-28)20-6-4-3-5-19(20)23/h3-10H,11-16H2,1-2H3,(H,24,26)(H,25,29). The number of guanidine groups is 1. The molecule has 2 aromatic carbocycles. The topological polar surface area (TPSA) is 69.2 Å². The third kappa shape index (κ3) is 5.79. The molecule has 0 bridgehead atoms. The van der Waals surface area contributed by atoms with Crippen molar-refractivity contribution in [2.24, 2.45) is 4.99 Å². The lowest BCUT2D eigenvalue weighted by Crippen LogP contribution is -2.53. The molecule has 2 aromatic rings. The Hall–Kier alpha value is -2.93. The quantitative estimate of drug-likeness (QED) is 0.545. The molecule has 30 heavy (non-hydrogen) atoms. The van der Waals surface area contributed by atoms with Gasteiger partial charge in [0.25, 0.3) is 0 Å². The minimum atomic E-state index is -0.0818.